The Bertz CT molecular complexity index is 555. The molecule has 2 rings (SSSR count). The summed E-state index contributed by atoms with van der Waals surface area (Å²) in [5.74, 6) is -1.01. The second-order valence-electron chi connectivity index (χ2n) is 4.47. The minimum Gasteiger partial charge on any atom is -0.351 e. The highest BCUT2D eigenvalue weighted by Gasteiger charge is 2.22. The molecule has 20 heavy (non-hydrogen) atoms. The highest BCUT2D eigenvalue weighted by Crippen LogP contribution is 2.15. The monoisotopic (exact) mass is 338 g/mol. The largest absolute Gasteiger partial charge is 0.351 e. The first-order chi connectivity index (χ1) is 8.97. The van der Waals surface area contributed by atoms with Gasteiger partial charge in [0.1, 0.15) is 5.75 Å². The normalized spacial score (nSPS) is 18.4. The lowest BCUT2D eigenvalue weighted by Gasteiger charge is -2.11. The molecule has 0 spiro atoms. The molecule has 0 saturated carbocycles. The number of benzene rings is 1. The van der Waals surface area contributed by atoms with Gasteiger partial charge in [0.2, 0.25) is 5.91 Å². The molecule has 1 heterocycles. The van der Waals surface area contributed by atoms with Crippen LogP contribution in [0, 0.1) is 0 Å². The van der Waals surface area contributed by atoms with Crippen molar-refractivity contribution in [1.82, 2.24) is 10.6 Å². The van der Waals surface area contributed by atoms with Crippen LogP contribution < -0.4 is 10.6 Å². The Morgan fingerprint density at radius 1 is 1.35 bits per heavy atom. The first-order valence-electron chi connectivity index (χ1n) is 5.96. The van der Waals surface area contributed by atoms with E-state index in [1.54, 1.807) is 0 Å². The number of rotatable bonds is 4. The van der Waals surface area contributed by atoms with E-state index in [0.29, 0.717) is 11.6 Å². The standard InChI is InChI=1S/C12H15ClN2O3S.ClH/c13-9-1-3-11(4-2-9)19(17,18)8-12(16)15-10-5-6-14-7-10;/h1-4,10,14H,5-8H2,(H,15,16);1H. The molecule has 1 fully saturated rings. The molecule has 5 nitrogen and oxygen atoms in total. The Hall–Kier alpha value is -0.820. The van der Waals surface area contributed by atoms with E-state index in [-0.39, 0.29) is 23.3 Å². The summed E-state index contributed by atoms with van der Waals surface area (Å²) in [5, 5.41) is 6.27. The maximum absolute atomic E-state index is 12.0. The van der Waals surface area contributed by atoms with Crippen LogP contribution in [0.5, 0.6) is 0 Å². The first-order valence-corrected chi connectivity index (χ1v) is 7.99. The molecule has 1 saturated heterocycles. The molecule has 2 N–H and O–H groups in total. The van der Waals surface area contributed by atoms with Gasteiger partial charge in [0.15, 0.2) is 9.84 Å². The lowest BCUT2D eigenvalue weighted by Crippen LogP contribution is -2.39. The molecule has 1 aliphatic heterocycles. The van der Waals surface area contributed by atoms with E-state index in [0.717, 1.165) is 13.0 Å². The van der Waals surface area contributed by atoms with E-state index in [1.165, 1.54) is 24.3 Å². The number of halogens is 2. The number of carbonyl (C=O) groups excluding carboxylic acids is 1. The lowest BCUT2D eigenvalue weighted by molar-refractivity contribution is -0.119. The van der Waals surface area contributed by atoms with Gasteiger partial charge in [-0.25, -0.2) is 8.42 Å². The molecule has 1 aromatic rings. The van der Waals surface area contributed by atoms with Crippen molar-refractivity contribution in [3.05, 3.63) is 29.3 Å². The third kappa shape index (κ3) is 4.63. The molecule has 0 bridgehead atoms. The summed E-state index contributed by atoms with van der Waals surface area (Å²) < 4.78 is 24.0. The summed E-state index contributed by atoms with van der Waals surface area (Å²) in [5.41, 5.74) is 0. The third-order valence-corrected chi connectivity index (χ3v) is 4.80. The average Bonchev–Trinajstić information content (AvgIpc) is 2.81. The summed E-state index contributed by atoms with van der Waals surface area (Å²) in [6.07, 6.45) is 0.826. The van der Waals surface area contributed by atoms with Gasteiger partial charge in [-0.05, 0) is 37.2 Å². The zero-order valence-electron chi connectivity index (χ0n) is 10.6. The van der Waals surface area contributed by atoms with Gasteiger partial charge in [-0.2, -0.15) is 0 Å². The van der Waals surface area contributed by atoms with Crippen LogP contribution in [0.3, 0.4) is 0 Å². The number of hydrogen-bond acceptors (Lipinski definition) is 4. The molecule has 0 aromatic heterocycles. The Kier molecular flexibility index (Phi) is 6.26. The number of hydrogen-bond donors (Lipinski definition) is 2. The Morgan fingerprint density at radius 2 is 2.00 bits per heavy atom. The Balaban J connectivity index is 0.00000200. The van der Waals surface area contributed by atoms with E-state index in [4.69, 9.17) is 11.6 Å². The third-order valence-electron chi connectivity index (χ3n) is 2.92. The molecule has 0 radical (unpaired) electrons. The number of carbonyl (C=O) groups is 1. The van der Waals surface area contributed by atoms with Crippen LogP contribution >= 0.6 is 24.0 Å². The zero-order valence-corrected chi connectivity index (χ0v) is 13.0. The van der Waals surface area contributed by atoms with E-state index in [2.05, 4.69) is 10.6 Å². The minimum absolute atomic E-state index is 0. The second kappa shape index (κ2) is 7.26. The topological polar surface area (TPSA) is 75.3 Å². The highest BCUT2D eigenvalue weighted by atomic mass is 35.5. The molecule has 1 amide bonds. The number of sulfone groups is 1. The Morgan fingerprint density at radius 3 is 2.55 bits per heavy atom. The van der Waals surface area contributed by atoms with Crippen LogP contribution in [0.1, 0.15) is 6.42 Å². The fourth-order valence-corrected chi connectivity index (χ4v) is 3.22. The number of amides is 1. The summed E-state index contributed by atoms with van der Waals surface area (Å²) in [7, 11) is -3.61. The van der Waals surface area contributed by atoms with Crippen molar-refractivity contribution in [1.29, 1.82) is 0 Å². The van der Waals surface area contributed by atoms with Crippen molar-refractivity contribution >= 4 is 39.8 Å². The highest BCUT2D eigenvalue weighted by molar-refractivity contribution is 7.92. The molecular formula is C12H16Cl2N2O3S. The molecule has 0 aliphatic carbocycles. The second-order valence-corrected chi connectivity index (χ2v) is 6.90. The van der Waals surface area contributed by atoms with Gasteiger partial charge < -0.3 is 10.6 Å². The van der Waals surface area contributed by atoms with E-state index in [9.17, 15) is 13.2 Å². The predicted octanol–water partition coefficient (Wildman–Crippen LogP) is 1.01. The summed E-state index contributed by atoms with van der Waals surface area (Å²) in [6.45, 7) is 1.53. The lowest BCUT2D eigenvalue weighted by atomic mass is 10.3. The molecule has 1 aliphatic rings. The quantitative estimate of drug-likeness (QED) is 0.859. The molecule has 1 unspecified atom stereocenters. The minimum atomic E-state index is -3.61. The average molecular weight is 339 g/mol. The van der Waals surface area contributed by atoms with E-state index < -0.39 is 21.5 Å². The predicted molar refractivity (Wildman–Crippen MR) is 80.2 cm³/mol. The van der Waals surface area contributed by atoms with Gasteiger partial charge in [0, 0.05) is 17.6 Å². The number of nitrogens with one attached hydrogen (secondary N) is 2. The van der Waals surface area contributed by atoms with Crippen molar-refractivity contribution in [2.24, 2.45) is 0 Å². The van der Waals surface area contributed by atoms with Crippen molar-refractivity contribution < 1.29 is 13.2 Å². The fraction of sp³-hybridized carbons (Fsp3) is 0.417. The molecule has 112 valence electrons. The van der Waals surface area contributed by atoms with Crippen LogP contribution in [0.2, 0.25) is 5.02 Å². The van der Waals surface area contributed by atoms with Gasteiger partial charge in [-0.3, -0.25) is 4.79 Å². The summed E-state index contributed by atoms with van der Waals surface area (Å²) in [4.78, 5) is 11.8. The van der Waals surface area contributed by atoms with Gasteiger partial charge in [0.25, 0.3) is 0 Å². The van der Waals surface area contributed by atoms with Crippen LogP contribution in [-0.4, -0.2) is 39.2 Å². The SMILES string of the molecule is Cl.O=C(CS(=O)(=O)c1ccc(Cl)cc1)NC1CCNC1. The van der Waals surface area contributed by atoms with Crippen molar-refractivity contribution in [3.63, 3.8) is 0 Å². The molecular weight excluding hydrogens is 323 g/mol. The Labute approximate surface area is 129 Å². The van der Waals surface area contributed by atoms with Gasteiger partial charge in [0.05, 0.1) is 4.90 Å². The van der Waals surface area contributed by atoms with Gasteiger partial charge in [-0.15, -0.1) is 12.4 Å². The molecule has 1 atom stereocenters. The fourth-order valence-electron chi connectivity index (χ4n) is 1.95. The summed E-state index contributed by atoms with van der Waals surface area (Å²) in [6, 6.07) is 5.82. The summed E-state index contributed by atoms with van der Waals surface area (Å²) >= 11 is 5.70. The van der Waals surface area contributed by atoms with Crippen molar-refractivity contribution in [2.45, 2.75) is 17.4 Å². The van der Waals surface area contributed by atoms with E-state index in [1.807, 2.05) is 0 Å². The maximum atomic E-state index is 12.0. The van der Waals surface area contributed by atoms with Gasteiger partial charge in [-0.1, -0.05) is 11.6 Å². The molecule has 1 aromatic carbocycles. The van der Waals surface area contributed by atoms with Gasteiger partial charge >= 0.3 is 0 Å². The maximum Gasteiger partial charge on any atom is 0.235 e. The zero-order chi connectivity index (χ0) is 13.9. The van der Waals surface area contributed by atoms with Crippen molar-refractivity contribution in [2.75, 3.05) is 18.8 Å². The van der Waals surface area contributed by atoms with Crippen molar-refractivity contribution in [3.8, 4) is 0 Å². The van der Waals surface area contributed by atoms with Crippen LogP contribution in [-0.2, 0) is 14.6 Å². The molecule has 8 heteroatoms. The van der Waals surface area contributed by atoms with Crippen LogP contribution in [0.25, 0.3) is 0 Å². The smallest absolute Gasteiger partial charge is 0.235 e. The van der Waals surface area contributed by atoms with Crippen LogP contribution in [0.4, 0.5) is 0 Å². The van der Waals surface area contributed by atoms with E-state index >= 15 is 0 Å². The first kappa shape index (κ1) is 17.2. The van der Waals surface area contributed by atoms with Crippen LogP contribution in [0.15, 0.2) is 29.2 Å².